The lowest BCUT2D eigenvalue weighted by molar-refractivity contribution is -0.122. The summed E-state index contributed by atoms with van der Waals surface area (Å²) in [6, 6.07) is 16.7. The van der Waals surface area contributed by atoms with E-state index in [0.717, 1.165) is 30.8 Å². The number of β-lactam (4-membered cyclic amide) rings is 1. The van der Waals surface area contributed by atoms with Crippen molar-refractivity contribution in [1.29, 1.82) is 0 Å². The molecule has 2 saturated heterocycles. The fourth-order valence-corrected chi connectivity index (χ4v) is 5.78. The summed E-state index contributed by atoms with van der Waals surface area (Å²) in [4.78, 5) is 13.5. The van der Waals surface area contributed by atoms with Gasteiger partial charge in [-0.2, -0.15) is 0 Å². The van der Waals surface area contributed by atoms with Crippen LogP contribution in [-0.4, -0.2) is 43.5 Å². The minimum absolute atomic E-state index is 0.0342. The average molecular weight is 452 g/mol. The molecule has 1 N–H and O–H groups in total. The second-order valence-electron chi connectivity index (χ2n) is 10.1. The Kier molecular flexibility index (Phi) is 7.10. The summed E-state index contributed by atoms with van der Waals surface area (Å²) in [5.74, 6) is 1.75. The van der Waals surface area contributed by atoms with E-state index in [2.05, 4.69) is 57.2 Å². The molecule has 0 unspecified atom stereocenters. The molecule has 2 aromatic rings. The number of carbonyl (C=O) groups excluding carboxylic acids is 1. The molecule has 0 aromatic heterocycles. The van der Waals surface area contributed by atoms with Crippen molar-refractivity contribution in [3.63, 3.8) is 0 Å². The van der Waals surface area contributed by atoms with E-state index in [-0.39, 0.29) is 30.1 Å². The SMILES string of the molecule is COc1ccc(C(C)(C)[C@@H]2[C@@H](C)[C@@H](CCc3ccc(N4CCC4=O)cc3)O[C@H]2CCO)cc1. The Morgan fingerprint density at radius 3 is 2.30 bits per heavy atom. The van der Waals surface area contributed by atoms with Gasteiger partial charge in [-0.05, 0) is 71.9 Å². The zero-order valence-electron chi connectivity index (χ0n) is 20.3. The van der Waals surface area contributed by atoms with Gasteiger partial charge < -0.3 is 19.5 Å². The third kappa shape index (κ3) is 4.80. The van der Waals surface area contributed by atoms with Crippen molar-refractivity contribution in [2.75, 3.05) is 25.2 Å². The molecule has 1 amide bonds. The van der Waals surface area contributed by atoms with Crippen molar-refractivity contribution in [2.24, 2.45) is 11.8 Å². The van der Waals surface area contributed by atoms with E-state index in [9.17, 15) is 9.90 Å². The lowest BCUT2D eigenvalue weighted by atomic mass is 9.65. The Bertz CT molecular complexity index is 937. The highest BCUT2D eigenvalue weighted by Crippen LogP contribution is 2.47. The molecule has 0 saturated carbocycles. The number of aliphatic hydroxyl groups excluding tert-OH is 1. The molecular weight excluding hydrogens is 414 g/mol. The second-order valence-corrected chi connectivity index (χ2v) is 10.1. The van der Waals surface area contributed by atoms with Crippen LogP contribution in [0.3, 0.4) is 0 Å². The van der Waals surface area contributed by atoms with E-state index in [0.29, 0.717) is 24.7 Å². The van der Waals surface area contributed by atoms with Crippen LogP contribution in [0, 0.1) is 11.8 Å². The number of hydrogen-bond acceptors (Lipinski definition) is 4. The number of hydrogen-bond donors (Lipinski definition) is 1. The molecule has 0 spiro atoms. The highest BCUT2D eigenvalue weighted by Gasteiger charge is 2.49. The van der Waals surface area contributed by atoms with Gasteiger partial charge in [-0.3, -0.25) is 4.79 Å². The standard InChI is InChI=1S/C28H37NO4/c1-19-24(14-7-20-5-10-22(11-6-20)29-17-15-26(29)31)33-25(16-18-30)27(19)28(2,3)21-8-12-23(32-4)13-9-21/h5-6,8-13,19,24-25,27,30H,7,14-18H2,1-4H3/t19-,24+,25-,27+/m0/s1. The van der Waals surface area contributed by atoms with Gasteiger partial charge in [0.25, 0.3) is 0 Å². The number of methoxy groups -OCH3 is 1. The monoisotopic (exact) mass is 451 g/mol. The summed E-state index contributed by atoms with van der Waals surface area (Å²) >= 11 is 0. The minimum atomic E-state index is -0.0916. The Hall–Kier alpha value is -2.37. The molecule has 2 aliphatic rings. The van der Waals surface area contributed by atoms with Crippen molar-refractivity contribution in [3.05, 3.63) is 59.7 Å². The third-order valence-corrected chi connectivity index (χ3v) is 7.80. The van der Waals surface area contributed by atoms with E-state index < -0.39 is 0 Å². The van der Waals surface area contributed by atoms with Crippen molar-refractivity contribution in [3.8, 4) is 5.75 Å². The number of rotatable bonds is 9. The van der Waals surface area contributed by atoms with Crippen molar-refractivity contribution in [2.45, 2.75) is 64.1 Å². The van der Waals surface area contributed by atoms with Crippen molar-refractivity contribution in [1.82, 2.24) is 0 Å². The Morgan fingerprint density at radius 1 is 1.06 bits per heavy atom. The summed E-state index contributed by atoms with van der Waals surface area (Å²) in [5, 5.41) is 9.72. The Labute approximate surface area is 197 Å². The van der Waals surface area contributed by atoms with E-state index in [1.807, 2.05) is 17.0 Å². The van der Waals surface area contributed by atoms with Gasteiger partial charge in [0.05, 0.1) is 19.3 Å². The molecule has 33 heavy (non-hydrogen) atoms. The van der Waals surface area contributed by atoms with Crippen LogP contribution >= 0.6 is 0 Å². The number of aliphatic hydroxyl groups is 1. The van der Waals surface area contributed by atoms with E-state index >= 15 is 0 Å². The van der Waals surface area contributed by atoms with Crippen LogP contribution < -0.4 is 9.64 Å². The largest absolute Gasteiger partial charge is 0.497 e. The lowest BCUT2D eigenvalue weighted by Gasteiger charge is -2.38. The van der Waals surface area contributed by atoms with Crippen LogP contribution in [0.4, 0.5) is 5.69 Å². The highest BCUT2D eigenvalue weighted by atomic mass is 16.5. The first-order valence-electron chi connectivity index (χ1n) is 12.1. The second kappa shape index (κ2) is 9.86. The molecule has 2 heterocycles. The van der Waals surface area contributed by atoms with Crippen LogP contribution in [0.25, 0.3) is 0 Å². The third-order valence-electron chi connectivity index (χ3n) is 7.80. The van der Waals surface area contributed by atoms with E-state index in [1.165, 1.54) is 11.1 Å². The number of carbonyl (C=O) groups is 1. The predicted octanol–water partition coefficient (Wildman–Crippen LogP) is 4.74. The fraction of sp³-hybridized carbons (Fsp3) is 0.536. The normalized spacial score (nSPS) is 25.2. The van der Waals surface area contributed by atoms with Gasteiger partial charge >= 0.3 is 0 Å². The van der Waals surface area contributed by atoms with Crippen molar-refractivity contribution >= 4 is 11.6 Å². The van der Waals surface area contributed by atoms with Crippen LogP contribution in [0.15, 0.2) is 48.5 Å². The number of amides is 1. The van der Waals surface area contributed by atoms with Crippen LogP contribution in [0.5, 0.6) is 5.75 Å². The van der Waals surface area contributed by atoms with Crippen molar-refractivity contribution < 1.29 is 19.4 Å². The molecule has 4 atom stereocenters. The number of anilines is 1. The average Bonchev–Trinajstić information content (AvgIpc) is 3.13. The Morgan fingerprint density at radius 2 is 1.76 bits per heavy atom. The van der Waals surface area contributed by atoms with E-state index in [4.69, 9.17) is 9.47 Å². The summed E-state index contributed by atoms with van der Waals surface area (Å²) in [6.07, 6.45) is 3.38. The van der Waals surface area contributed by atoms with E-state index in [1.54, 1.807) is 7.11 Å². The van der Waals surface area contributed by atoms with Gasteiger partial charge in [-0.15, -0.1) is 0 Å². The predicted molar refractivity (Wildman–Crippen MR) is 131 cm³/mol. The zero-order chi connectivity index (χ0) is 23.6. The molecule has 0 bridgehead atoms. The highest BCUT2D eigenvalue weighted by molar-refractivity contribution is 5.99. The summed E-state index contributed by atoms with van der Waals surface area (Å²) in [7, 11) is 1.69. The quantitative estimate of drug-likeness (QED) is 0.559. The first-order valence-corrected chi connectivity index (χ1v) is 12.1. The summed E-state index contributed by atoms with van der Waals surface area (Å²) in [6.45, 7) is 7.85. The van der Waals surface area contributed by atoms with Gasteiger partial charge in [0.1, 0.15) is 5.75 Å². The first kappa shape index (κ1) is 23.8. The molecule has 5 heteroatoms. The number of aryl methyl sites for hydroxylation is 1. The van der Waals surface area contributed by atoms with Gasteiger partial charge in [0, 0.05) is 25.3 Å². The minimum Gasteiger partial charge on any atom is -0.497 e. The summed E-state index contributed by atoms with van der Waals surface area (Å²) in [5.41, 5.74) is 3.43. The molecule has 178 valence electrons. The van der Waals surface area contributed by atoms with Crippen LogP contribution in [0.1, 0.15) is 51.2 Å². The number of ether oxygens (including phenoxy) is 2. The van der Waals surface area contributed by atoms with Gasteiger partial charge in [-0.25, -0.2) is 0 Å². The molecule has 5 nitrogen and oxygen atoms in total. The van der Waals surface area contributed by atoms with Crippen LogP contribution in [0.2, 0.25) is 0 Å². The van der Waals surface area contributed by atoms with Gasteiger partial charge in [-0.1, -0.05) is 45.0 Å². The first-order chi connectivity index (χ1) is 15.8. The molecule has 2 aliphatic heterocycles. The molecular formula is C28H37NO4. The topological polar surface area (TPSA) is 59.0 Å². The summed E-state index contributed by atoms with van der Waals surface area (Å²) < 4.78 is 11.9. The number of nitrogens with zero attached hydrogens (tertiary/aromatic N) is 1. The molecule has 2 aromatic carbocycles. The zero-order valence-corrected chi connectivity index (χ0v) is 20.3. The maximum absolute atomic E-state index is 11.7. The maximum atomic E-state index is 11.7. The van der Waals surface area contributed by atoms with Gasteiger partial charge in [0.15, 0.2) is 0 Å². The molecule has 4 rings (SSSR count). The number of benzene rings is 2. The molecule has 0 aliphatic carbocycles. The molecule has 2 fully saturated rings. The smallest absolute Gasteiger partial charge is 0.228 e. The van der Waals surface area contributed by atoms with Crippen LogP contribution in [-0.2, 0) is 21.4 Å². The fourth-order valence-electron chi connectivity index (χ4n) is 5.78. The lowest BCUT2D eigenvalue weighted by Crippen LogP contribution is -2.43. The van der Waals surface area contributed by atoms with Gasteiger partial charge in [0.2, 0.25) is 5.91 Å². The maximum Gasteiger partial charge on any atom is 0.228 e. The Balaban J connectivity index is 1.44. The molecule has 0 radical (unpaired) electrons.